The third-order valence-corrected chi connectivity index (χ3v) is 5.68. The van der Waals surface area contributed by atoms with Crippen molar-refractivity contribution in [3.8, 4) is 11.8 Å². The quantitative estimate of drug-likeness (QED) is 0.592. The number of likely N-dealkylation sites (tertiary alicyclic amines) is 1. The van der Waals surface area contributed by atoms with Crippen LogP contribution in [0.1, 0.15) is 55.3 Å². The summed E-state index contributed by atoms with van der Waals surface area (Å²) in [6.45, 7) is 2.84. The van der Waals surface area contributed by atoms with Gasteiger partial charge < -0.3 is 14.4 Å². The summed E-state index contributed by atoms with van der Waals surface area (Å²) < 4.78 is 10.9. The van der Waals surface area contributed by atoms with E-state index in [4.69, 9.17) is 14.7 Å². The van der Waals surface area contributed by atoms with Crippen molar-refractivity contribution in [2.75, 3.05) is 13.7 Å². The lowest BCUT2D eigenvalue weighted by atomic mass is 9.84. The second-order valence-corrected chi connectivity index (χ2v) is 7.72. The van der Waals surface area contributed by atoms with Crippen LogP contribution in [0.2, 0.25) is 0 Å². The summed E-state index contributed by atoms with van der Waals surface area (Å²) in [6, 6.07) is 16.2. The lowest BCUT2D eigenvalue weighted by molar-refractivity contribution is -0.158. The highest BCUT2D eigenvalue weighted by atomic mass is 16.5. The van der Waals surface area contributed by atoms with E-state index in [1.54, 1.807) is 31.4 Å². The second kappa shape index (κ2) is 10.6. The monoisotopic (exact) mass is 420 g/mol. The number of hydrogen-bond donors (Lipinski definition) is 0. The number of hydrogen-bond acceptors (Lipinski definition) is 5. The maximum absolute atomic E-state index is 13.1. The Morgan fingerprint density at radius 1 is 1.16 bits per heavy atom. The first kappa shape index (κ1) is 22.4. The van der Waals surface area contributed by atoms with Gasteiger partial charge in [0.15, 0.2) is 0 Å². The molecule has 1 amide bonds. The average molecular weight is 421 g/mol. The Bertz CT molecular complexity index is 931. The van der Waals surface area contributed by atoms with Crippen molar-refractivity contribution in [3.63, 3.8) is 0 Å². The normalized spacial score (nSPS) is 18.4. The number of nitrogens with zero attached hydrogens (tertiary/aromatic N) is 2. The lowest BCUT2D eigenvalue weighted by Gasteiger charge is -2.40. The Morgan fingerprint density at radius 3 is 2.48 bits per heavy atom. The van der Waals surface area contributed by atoms with Gasteiger partial charge in [-0.1, -0.05) is 37.6 Å². The molecule has 31 heavy (non-hydrogen) atoms. The van der Waals surface area contributed by atoms with Gasteiger partial charge in [0.05, 0.1) is 30.7 Å². The Labute approximate surface area is 183 Å². The van der Waals surface area contributed by atoms with Crippen LogP contribution in [0.15, 0.2) is 48.5 Å². The van der Waals surface area contributed by atoms with Crippen LogP contribution in [0.4, 0.5) is 0 Å². The first-order chi connectivity index (χ1) is 15.1. The maximum atomic E-state index is 13.1. The molecule has 1 saturated heterocycles. The standard InChI is InChI=1S/C25H28N2O4/c1-3-4-15-27-23(28)14-13-22(24(27)20-9-11-21(30-2)12-10-20)25(29)31-17-19-7-5-18(16-26)6-8-19/h5-12,22,24H,3-4,13-15,17H2,1-2H3/t22-,24+/m0/s1. The number of esters is 1. The van der Waals surface area contributed by atoms with Crippen LogP contribution >= 0.6 is 0 Å². The number of carbonyl (C=O) groups excluding carboxylic acids is 2. The first-order valence-corrected chi connectivity index (χ1v) is 10.7. The van der Waals surface area contributed by atoms with Crippen molar-refractivity contribution in [1.82, 2.24) is 4.90 Å². The molecule has 2 aromatic rings. The third kappa shape index (κ3) is 5.43. The van der Waals surface area contributed by atoms with Gasteiger partial charge in [-0.3, -0.25) is 9.59 Å². The molecule has 1 aliphatic heterocycles. The molecule has 0 aliphatic carbocycles. The predicted octanol–water partition coefficient (Wildman–Crippen LogP) is 4.39. The zero-order valence-electron chi connectivity index (χ0n) is 18.0. The molecule has 1 fully saturated rings. The van der Waals surface area contributed by atoms with E-state index in [1.165, 1.54) is 0 Å². The van der Waals surface area contributed by atoms with Crippen LogP contribution in [0.25, 0.3) is 0 Å². The van der Waals surface area contributed by atoms with Gasteiger partial charge in [-0.15, -0.1) is 0 Å². The zero-order valence-corrected chi connectivity index (χ0v) is 18.0. The fourth-order valence-corrected chi connectivity index (χ4v) is 3.94. The van der Waals surface area contributed by atoms with E-state index in [0.717, 1.165) is 29.7 Å². The van der Waals surface area contributed by atoms with Gasteiger partial charge in [0.2, 0.25) is 5.91 Å². The lowest BCUT2D eigenvalue weighted by Crippen LogP contribution is -2.46. The van der Waals surface area contributed by atoms with E-state index < -0.39 is 5.92 Å². The number of amides is 1. The van der Waals surface area contributed by atoms with Gasteiger partial charge in [-0.2, -0.15) is 5.26 Å². The number of unbranched alkanes of at least 4 members (excludes halogenated alkanes) is 1. The Kier molecular flexibility index (Phi) is 7.66. The van der Waals surface area contributed by atoms with Gasteiger partial charge in [0, 0.05) is 13.0 Å². The van der Waals surface area contributed by atoms with Gasteiger partial charge in [-0.25, -0.2) is 0 Å². The molecule has 0 aromatic heterocycles. The van der Waals surface area contributed by atoms with E-state index in [1.807, 2.05) is 29.2 Å². The summed E-state index contributed by atoms with van der Waals surface area (Å²) in [5, 5.41) is 8.92. The van der Waals surface area contributed by atoms with E-state index in [9.17, 15) is 9.59 Å². The van der Waals surface area contributed by atoms with Crippen molar-refractivity contribution < 1.29 is 19.1 Å². The first-order valence-electron chi connectivity index (χ1n) is 10.7. The van der Waals surface area contributed by atoms with Crippen LogP contribution in [0, 0.1) is 17.2 Å². The van der Waals surface area contributed by atoms with Crippen LogP contribution in [-0.2, 0) is 20.9 Å². The number of nitriles is 1. The minimum Gasteiger partial charge on any atom is -0.497 e. The fourth-order valence-electron chi connectivity index (χ4n) is 3.94. The Morgan fingerprint density at radius 2 is 1.87 bits per heavy atom. The van der Waals surface area contributed by atoms with Crippen LogP contribution in [-0.4, -0.2) is 30.4 Å². The molecular formula is C25H28N2O4. The van der Waals surface area contributed by atoms with Gasteiger partial charge in [0.25, 0.3) is 0 Å². The summed E-state index contributed by atoms with van der Waals surface area (Å²) in [7, 11) is 1.61. The second-order valence-electron chi connectivity index (χ2n) is 7.72. The highest BCUT2D eigenvalue weighted by Gasteiger charge is 2.41. The Hall–Kier alpha value is -3.33. The van der Waals surface area contributed by atoms with E-state index in [2.05, 4.69) is 13.0 Å². The topological polar surface area (TPSA) is 79.6 Å². The molecule has 0 radical (unpaired) electrons. The van der Waals surface area contributed by atoms with E-state index >= 15 is 0 Å². The van der Waals surface area contributed by atoms with E-state index in [-0.39, 0.29) is 24.5 Å². The van der Waals surface area contributed by atoms with Crippen LogP contribution in [0.3, 0.4) is 0 Å². The predicted molar refractivity (Wildman–Crippen MR) is 116 cm³/mol. The molecule has 0 spiro atoms. The summed E-state index contributed by atoms with van der Waals surface area (Å²) in [6.07, 6.45) is 2.65. The molecule has 162 valence electrons. The largest absolute Gasteiger partial charge is 0.497 e. The molecule has 2 aromatic carbocycles. The van der Waals surface area contributed by atoms with Crippen molar-refractivity contribution in [2.24, 2.45) is 5.92 Å². The molecule has 0 bridgehead atoms. The SMILES string of the molecule is CCCCN1C(=O)CC[C@H](C(=O)OCc2ccc(C#N)cc2)[C@H]1c1ccc(OC)cc1. The third-order valence-electron chi connectivity index (χ3n) is 5.68. The highest BCUT2D eigenvalue weighted by molar-refractivity contribution is 5.82. The molecule has 2 atom stereocenters. The fraction of sp³-hybridized carbons (Fsp3) is 0.400. The molecule has 3 rings (SSSR count). The molecule has 0 unspecified atom stereocenters. The summed E-state index contributed by atoms with van der Waals surface area (Å²) in [4.78, 5) is 27.7. The number of ether oxygens (including phenoxy) is 2. The van der Waals surface area contributed by atoms with Crippen molar-refractivity contribution in [3.05, 3.63) is 65.2 Å². The number of piperidine rings is 1. The summed E-state index contributed by atoms with van der Waals surface area (Å²) in [5.74, 6) is 0.0665. The summed E-state index contributed by atoms with van der Waals surface area (Å²) in [5.41, 5.74) is 2.29. The molecule has 0 saturated carbocycles. The molecule has 1 heterocycles. The molecule has 6 nitrogen and oxygen atoms in total. The van der Waals surface area contributed by atoms with Gasteiger partial charge in [-0.05, 0) is 48.2 Å². The highest BCUT2D eigenvalue weighted by Crippen LogP contribution is 2.38. The van der Waals surface area contributed by atoms with Crippen molar-refractivity contribution in [2.45, 2.75) is 45.3 Å². The van der Waals surface area contributed by atoms with Crippen LogP contribution in [0.5, 0.6) is 5.75 Å². The van der Waals surface area contributed by atoms with Crippen molar-refractivity contribution in [1.29, 1.82) is 5.26 Å². The number of benzene rings is 2. The van der Waals surface area contributed by atoms with Gasteiger partial charge >= 0.3 is 5.97 Å². The summed E-state index contributed by atoms with van der Waals surface area (Å²) >= 11 is 0. The smallest absolute Gasteiger partial charge is 0.311 e. The molecular weight excluding hydrogens is 392 g/mol. The minimum absolute atomic E-state index is 0.0745. The maximum Gasteiger partial charge on any atom is 0.311 e. The number of carbonyl (C=O) groups is 2. The van der Waals surface area contributed by atoms with Crippen molar-refractivity contribution >= 4 is 11.9 Å². The number of rotatable bonds is 8. The zero-order chi connectivity index (χ0) is 22.2. The van der Waals surface area contributed by atoms with E-state index in [0.29, 0.717) is 24.9 Å². The Balaban J connectivity index is 1.80. The minimum atomic E-state index is -0.429. The van der Waals surface area contributed by atoms with Crippen LogP contribution < -0.4 is 4.74 Å². The average Bonchev–Trinajstić information content (AvgIpc) is 2.82. The molecule has 1 aliphatic rings. The molecule has 6 heteroatoms. The van der Waals surface area contributed by atoms with Gasteiger partial charge in [0.1, 0.15) is 12.4 Å². The number of methoxy groups -OCH3 is 1. The molecule has 0 N–H and O–H groups in total.